The Balaban J connectivity index is 0.000000921. The largest absolute Gasteiger partial charge is 0.317 e. The van der Waals surface area contributed by atoms with E-state index in [9.17, 15) is 0 Å². The quantitative estimate of drug-likeness (QED) is 0.692. The van der Waals surface area contributed by atoms with Gasteiger partial charge in [0.2, 0.25) is 0 Å². The van der Waals surface area contributed by atoms with Crippen LogP contribution >= 0.6 is 0 Å². The molecule has 0 aromatic rings. The van der Waals surface area contributed by atoms with E-state index in [1.165, 1.54) is 19.1 Å². The Bertz CT molecular complexity index is 203. The van der Waals surface area contributed by atoms with E-state index in [4.69, 9.17) is 5.41 Å². The van der Waals surface area contributed by atoms with Crippen molar-refractivity contribution in [2.75, 3.05) is 20.1 Å². The monoisotopic (exact) mass is 211 g/mol. The summed E-state index contributed by atoms with van der Waals surface area (Å²) in [6, 6.07) is 0. The molecule has 0 amide bonds. The predicted octanol–water partition coefficient (Wildman–Crippen LogP) is 2.51. The van der Waals surface area contributed by atoms with Crippen LogP contribution in [0.5, 0.6) is 0 Å². The van der Waals surface area contributed by atoms with Crippen LogP contribution in [0.1, 0.15) is 40.0 Å². The summed E-state index contributed by atoms with van der Waals surface area (Å²) in [7, 11) is 1.77. The van der Waals surface area contributed by atoms with Gasteiger partial charge < -0.3 is 10.7 Å². The van der Waals surface area contributed by atoms with Crippen molar-refractivity contribution in [1.29, 1.82) is 5.41 Å². The summed E-state index contributed by atoms with van der Waals surface area (Å²) in [6.45, 7) is 8.50. The van der Waals surface area contributed by atoms with Gasteiger partial charge >= 0.3 is 0 Å². The molecule has 0 saturated carbocycles. The van der Waals surface area contributed by atoms with Crippen LogP contribution in [-0.4, -0.2) is 32.1 Å². The highest BCUT2D eigenvalue weighted by atomic mass is 14.9. The van der Waals surface area contributed by atoms with E-state index in [1.54, 1.807) is 7.05 Å². The second-order valence-corrected chi connectivity index (χ2v) is 4.10. The summed E-state index contributed by atoms with van der Waals surface area (Å²) in [5, 5.41) is 10.5. The van der Waals surface area contributed by atoms with Crippen molar-refractivity contribution in [2.45, 2.75) is 40.0 Å². The minimum Gasteiger partial charge on any atom is -0.317 e. The van der Waals surface area contributed by atoms with Crippen LogP contribution < -0.4 is 5.32 Å². The maximum Gasteiger partial charge on any atom is 0.0525 e. The summed E-state index contributed by atoms with van der Waals surface area (Å²) >= 11 is 0. The van der Waals surface area contributed by atoms with Crippen molar-refractivity contribution in [3.05, 3.63) is 0 Å². The zero-order valence-electron chi connectivity index (χ0n) is 10.6. The van der Waals surface area contributed by atoms with E-state index in [1.807, 2.05) is 13.8 Å². The topological polar surface area (TPSA) is 48.2 Å². The fourth-order valence-corrected chi connectivity index (χ4v) is 1.84. The Morgan fingerprint density at radius 2 is 1.93 bits per heavy atom. The first-order chi connectivity index (χ1) is 7.20. The molecule has 0 unspecified atom stereocenters. The first-order valence-electron chi connectivity index (χ1n) is 5.87. The van der Waals surface area contributed by atoms with Crippen LogP contribution in [0.25, 0.3) is 0 Å². The van der Waals surface area contributed by atoms with Gasteiger partial charge in [0.1, 0.15) is 0 Å². The number of piperidine rings is 1. The van der Waals surface area contributed by atoms with Gasteiger partial charge in [-0.25, -0.2) is 0 Å². The van der Waals surface area contributed by atoms with Gasteiger partial charge in [-0.1, -0.05) is 20.8 Å². The summed E-state index contributed by atoms with van der Waals surface area (Å²) in [4.78, 5) is 4.10. The van der Waals surface area contributed by atoms with Crippen LogP contribution in [0.2, 0.25) is 0 Å². The van der Waals surface area contributed by atoms with Gasteiger partial charge in [-0.05, 0) is 37.8 Å². The van der Waals surface area contributed by atoms with Crippen molar-refractivity contribution >= 4 is 11.9 Å². The zero-order valence-corrected chi connectivity index (χ0v) is 10.6. The maximum absolute atomic E-state index is 7.19. The van der Waals surface area contributed by atoms with Crippen LogP contribution in [0, 0.1) is 10.8 Å². The molecule has 1 heterocycles. The van der Waals surface area contributed by atoms with Crippen LogP contribution in [-0.2, 0) is 0 Å². The molecule has 1 aliphatic heterocycles. The van der Waals surface area contributed by atoms with E-state index in [0.29, 0.717) is 5.41 Å². The molecule has 3 nitrogen and oxygen atoms in total. The molecule has 0 aromatic carbocycles. The lowest BCUT2D eigenvalue weighted by molar-refractivity contribution is 0.241. The Morgan fingerprint density at radius 3 is 2.33 bits per heavy atom. The highest BCUT2D eigenvalue weighted by Gasteiger charge is 2.27. The molecular formula is C12H25N3. The van der Waals surface area contributed by atoms with Crippen molar-refractivity contribution < 1.29 is 0 Å². The summed E-state index contributed by atoms with van der Waals surface area (Å²) in [5.74, 6) is 0. The number of rotatable bonds is 3. The van der Waals surface area contributed by atoms with Crippen molar-refractivity contribution in [3.63, 3.8) is 0 Å². The van der Waals surface area contributed by atoms with Crippen molar-refractivity contribution in [2.24, 2.45) is 10.4 Å². The Hall–Kier alpha value is -0.700. The lowest BCUT2D eigenvalue weighted by atomic mass is 9.77. The number of hydrogen-bond acceptors (Lipinski definition) is 3. The molecule has 0 aromatic heterocycles. The lowest BCUT2D eigenvalue weighted by Crippen LogP contribution is -2.36. The third-order valence-electron chi connectivity index (χ3n) is 2.87. The molecule has 3 heteroatoms. The minimum absolute atomic E-state index is 0.359. The molecule has 15 heavy (non-hydrogen) atoms. The average molecular weight is 211 g/mol. The molecule has 1 saturated heterocycles. The van der Waals surface area contributed by atoms with Crippen LogP contribution in [0.4, 0.5) is 0 Å². The first kappa shape index (κ1) is 14.3. The van der Waals surface area contributed by atoms with Gasteiger partial charge in [0.25, 0.3) is 0 Å². The second kappa shape index (κ2) is 7.57. The number of hydrogen-bond donors (Lipinski definition) is 2. The standard InChI is InChI=1S/C10H19N3.C2H6/c1-10(3-5-13-6-4-10)7-9(8-11)12-2;1-2/h8,11,13H,3-7H2,1-2H3;1-2H3. The SMILES string of the molecule is CC.CN=C(C=N)CC1(C)CCNCC1. The van der Waals surface area contributed by atoms with Gasteiger partial charge in [0.15, 0.2) is 0 Å². The third kappa shape index (κ3) is 5.07. The molecule has 1 rings (SSSR count). The Kier molecular flexibility index (Phi) is 7.22. The molecule has 88 valence electrons. The molecule has 0 spiro atoms. The van der Waals surface area contributed by atoms with Gasteiger partial charge in [0, 0.05) is 13.3 Å². The van der Waals surface area contributed by atoms with E-state index in [2.05, 4.69) is 17.2 Å². The van der Waals surface area contributed by atoms with E-state index in [0.717, 1.165) is 25.2 Å². The van der Waals surface area contributed by atoms with Gasteiger partial charge in [0.05, 0.1) is 5.71 Å². The molecule has 1 aliphatic rings. The minimum atomic E-state index is 0.359. The molecule has 2 N–H and O–H groups in total. The van der Waals surface area contributed by atoms with Crippen LogP contribution in [0.3, 0.4) is 0 Å². The number of aliphatic imine (C=N–C) groups is 1. The molecule has 0 bridgehead atoms. The van der Waals surface area contributed by atoms with E-state index >= 15 is 0 Å². The molecule has 1 fully saturated rings. The van der Waals surface area contributed by atoms with Crippen molar-refractivity contribution in [3.8, 4) is 0 Å². The van der Waals surface area contributed by atoms with E-state index in [-0.39, 0.29) is 0 Å². The van der Waals surface area contributed by atoms with E-state index < -0.39 is 0 Å². The summed E-state index contributed by atoms with van der Waals surface area (Å²) in [5.41, 5.74) is 1.28. The predicted molar refractivity (Wildman–Crippen MR) is 68.3 cm³/mol. The van der Waals surface area contributed by atoms with Crippen LogP contribution in [0.15, 0.2) is 4.99 Å². The molecular weight excluding hydrogens is 186 g/mol. The number of nitrogens with zero attached hydrogens (tertiary/aromatic N) is 1. The Morgan fingerprint density at radius 1 is 1.40 bits per heavy atom. The average Bonchev–Trinajstić information content (AvgIpc) is 2.29. The molecule has 0 aliphatic carbocycles. The smallest absolute Gasteiger partial charge is 0.0525 e. The summed E-state index contributed by atoms with van der Waals surface area (Å²) in [6.07, 6.45) is 4.72. The zero-order chi connectivity index (χ0) is 11.7. The lowest BCUT2D eigenvalue weighted by Gasteiger charge is -2.33. The van der Waals surface area contributed by atoms with Crippen molar-refractivity contribution in [1.82, 2.24) is 5.32 Å². The second-order valence-electron chi connectivity index (χ2n) is 4.10. The highest BCUT2D eigenvalue weighted by Crippen LogP contribution is 2.31. The highest BCUT2D eigenvalue weighted by molar-refractivity contribution is 6.29. The summed E-state index contributed by atoms with van der Waals surface area (Å²) < 4.78 is 0. The molecule has 0 radical (unpaired) electrons. The fourth-order valence-electron chi connectivity index (χ4n) is 1.84. The third-order valence-corrected chi connectivity index (χ3v) is 2.87. The van der Waals surface area contributed by atoms with Gasteiger partial charge in [-0.15, -0.1) is 0 Å². The van der Waals surface area contributed by atoms with Gasteiger partial charge in [-0.2, -0.15) is 0 Å². The molecule has 0 atom stereocenters. The number of nitrogens with one attached hydrogen (secondary N) is 2. The maximum atomic E-state index is 7.19. The first-order valence-corrected chi connectivity index (χ1v) is 5.87. The Labute approximate surface area is 93.9 Å². The van der Waals surface area contributed by atoms with Gasteiger partial charge in [-0.3, -0.25) is 4.99 Å². The normalized spacial score (nSPS) is 20.1. The fraction of sp³-hybridized carbons (Fsp3) is 0.833.